The number of hydrogen-bond donors (Lipinski definition) is 0. The van der Waals surface area contributed by atoms with Gasteiger partial charge in [0.2, 0.25) is 0 Å². The second-order valence-electron chi connectivity index (χ2n) is 4.92. The molecular formula is C13H16F2. The normalized spacial score (nSPS) is 19.7. The highest BCUT2D eigenvalue weighted by atomic mass is 19.1. The van der Waals surface area contributed by atoms with Crippen LogP contribution in [0.25, 0.3) is 0 Å². The van der Waals surface area contributed by atoms with E-state index >= 15 is 0 Å². The first kappa shape index (κ1) is 10.6. The molecule has 1 saturated carbocycles. The van der Waals surface area contributed by atoms with Crippen molar-refractivity contribution in [3.05, 3.63) is 35.6 Å². The van der Waals surface area contributed by atoms with Crippen molar-refractivity contribution in [2.45, 2.75) is 44.2 Å². The minimum absolute atomic E-state index is 0.259. The predicted octanol–water partition coefficient (Wildman–Crippen LogP) is 4.00. The van der Waals surface area contributed by atoms with Crippen LogP contribution in [0.15, 0.2) is 24.3 Å². The molecule has 2 rings (SSSR count). The van der Waals surface area contributed by atoms with Crippen molar-refractivity contribution in [1.82, 2.24) is 0 Å². The van der Waals surface area contributed by atoms with Gasteiger partial charge >= 0.3 is 0 Å². The molecule has 0 amide bonds. The Balaban J connectivity index is 2.39. The van der Waals surface area contributed by atoms with Crippen LogP contribution in [0.2, 0.25) is 0 Å². The van der Waals surface area contributed by atoms with E-state index in [0.29, 0.717) is 0 Å². The summed E-state index contributed by atoms with van der Waals surface area (Å²) in [5.41, 5.74) is -0.688. The fourth-order valence-electron chi connectivity index (χ4n) is 2.53. The SMILES string of the molecule is CC(C)(F)C1(c2ccc(F)cc2)CCC1. The minimum Gasteiger partial charge on any atom is -0.244 e. The lowest BCUT2D eigenvalue weighted by Gasteiger charge is -2.49. The third-order valence-corrected chi connectivity index (χ3v) is 3.74. The molecule has 1 aliphatic rings. The van der Waals surface area contributed by atoms with Crippen molar-refractivity contribution in [3.63, 3.8) is 0 Å². The number of rotatable bonds is 2. The topological polar surface area (TPSA) is 0 Å². The Morgan fingerprint density at radius 3 is 2.00 bits per heavy atom. The number of benzene rings is 1. The van der Waals surface area contributed by atoms with Gasteiger partial charge in [0.15, 0.2) is 0 Å². The maximum absolute atomic E-state index is 14.2. The Bertz CT molecular complexity index is 342. The molecule has 1 aromatic carbocycles. The summed E-state index contributed by atoms with van der Waals surface area (Å²) < 4.78 is 27.0. The van der Waals surface area contributed by atoms with Gasteiger partial charge in [-0.1, -0.05) is 18.6 Å². The Hall–Kier alpha value is -0.920. The molecule has 1 fully saturated rings. The monoisotopic (exact) mass is 210 g/mol. The van der Waals surface area contributed by atoms with Crippen LogP contribution in [-0.2, 0) is 5.41 Å². The van der Waals surface area contributed by atoms with Crippen LogP contribution in [0, 0.1) is 5.82 Å². The Kier molecular flexibility index (Phi) is 2.32. The molecule has 2 heteroatoms. The number of halogens is 2. The van der Waals surface area contributed by atoms with Crippen molar-refractivity contribution in [3.8, 4) is 0 Å². The lowest BCUT2D eigenvalue weighted by atomic mass is 9.57. The van der Waals surface area contributed by atoms with E-state index in [1.54, 1.807) is 26.0 Å². The lowest BCUT2D eigenvalue weighted by molar-refractivity contribution is 0.0267. The summed E-state index contributed by atoms with van der Waals surface area (Å²) in [7, 11) is 0. The maximum Gasteiger partial charge on any atom is 0.123 e. The molecule has 0 radical (unpaired) electrons. The highest BCUT2D eigenvalue weighted by Gasteiger charge is 2.51. The molecule has 0 bridgehead atoms. The third kappa shape index (κ3) is 1.56. The Labute approximate surface area is 89.3 Å². The molecule has 0 atom stereocenters. The smallest absolute Gasteiger partial charge is 0.123 e. The fourth-order valence-corrected chi connectivity index (χ4v) is 2.53. The second kappa shape index (κ2) is 3.29. The van der Waals surface area contributed by atoms with Crippen LogP contribution in [0.3, 0.4) is 0 Å². The quantitative estimate of drug-likeness (QED) is 0.692. The van der Waals surface area contributed by atoms with Crippen molar-refractivity contribution < 1.29 is 8.78 Å². The third-order valence-electron chi connectivity index (χ3n) is 3.74. The van der Waals surface area contributed by atoms with Crippen molar-refractivity contribution in [2.75, 3.05) is 0 Å². The molecule has 15 heavy (non-hydrogen) atoms. The largest absolute Gasteiger partial charge is 0.244 e. The van der Waals surface area contributed by atoms with Crippen LogP contribution in [0.1, 0.15) is 38.7 Å². The molecule has 0 saturated heterocycles. The van der Waals surface area contributed by atoms with E-state index in [1.165, 1.54) is 12.1 Å². The molecule has 1 aromatic rings. The van der Waals surface area contributed by atoms with Gasteiger partial charge in [-0.05, 0) is 44.4 Å². The van der Waals surface area contributed by atoms with Crippen LogP contribution in [-0.4, -0.2) is 5.67 Å². The van der Waals surface area contributed by atoms with E-state index in [2.05, 4.69) is 0 Å². The average molecular weight is 210 g/mol. The Morgan fingerprint density at radius 2 is 1.67 bits per heavy atom. The number of alkyl halides is 1. The lowest BCUT2D eigenvalue weighted by Crippen LogP contribution is -2.49. The van der Waals surface area contributed by atoms with Gasteiger partial charge in [0, 0.05) is 5.41 Å². The van der Waals surface area contributed by atoms with Crippen LogP contribution in [0.4, 0.5) is 8.78 Å². The highest BCUT2D eigenvalue weighted by molar-refractivity contribution is 5.32. The van der Waals surface area contributed by atoms with Gasteiger partial charge in [0.25, 0.3) is 0 Å². The molecular weight excluding hydrogens is 194 g/mol. The second-order valence-corrected chi connectivity index (χ2v) is 4.92. The van der Waals surface area contributed by atoms with Crippen LogP contribution in [0.5, 0.6) is 0 Å². The van der Waals surface area contributed by atoms with E-state index < -0.39 is 5.67 Å². The zero-order valence-corrected chi connectivity index (χ0v) is 9.19. The maximum atomic E-state index is 14.2. The van der Waals surface area contributed by atoms with Crippen molar-refractivity contribution in [2.24, 2.45) is 0 Å². The summed E-state index contributed by atoms with van der Waals surface area (Å²) in [6.07, 6.45) is 2.79. The van der Waals surface area contributed by atoms with E-state index in [0.717, 1.165) is 24.8 Å². The molecule has 0 nitrogen and oxygen atoms in total. The molecule has 0 aliphatic heterocycles. The van der Waals surface area contributed by atoms with Crippen molar-refractivity contribution >= 4 is 0 Å². The number of hydrogen-bond acceptors (Lipinski definition) is 0. The zero-order valence-electron chi connectivity index (χ0n) is 9.19. The van der Waals surface area contributed by atoms with Crippen molar-refractivity contribution in [1.29, 1.82) is 0 Å². The van der Waals surface area contributed by atoms with E-state index in [-0.39, 0.29) is 11.2 Å². The fraction of sp³-hybridized carbons (Fsp3) is 0.538. The Morgan fingerprint density at radius 1 is 1.13 bits per heavy atom. The summed E-state index contributed by atoms with van der Waals surface area (Å²) >= 11 is 0. The summed E-state index contributed by atoms with van der Waals surface area (Å²) in [5, 5.41) is 0. The average Bonchev–Trinajstić information content (AvgIpc) is 2.03. The van der Waals surface area contributed by atoms with Gasteiger partial charge in [0.05, 0.1) is 0 Å². The standard InChI is InChI=1S/C13H16F2/c1-12(2,15)13(8-3-9-13)10-4-6-11(14)7-5-10/h4-7H,3,8-9H2,1-2H3. The molecule has 0 aromatic heterocycles. The molecule has 0 spiro atoms. The summed E-state index contributed by atoms with van der Waals surface area (Å²) in [5.74, 6) is -0.259. The van der Waals surface area contributed by atoms with Gasteiger partial charge < -0.3 is 0 Å². The zero-order chi connectivity index (χ0) is 11.1. The van der Waals surface area contributed by atoms with Gasteiger partial charge in [0.1, 0.15) is 11.5 Å². The molecule has 0 heterocycles. The molecule has 1 aliphatic carbocycles. The summed E-state index contributed by atoms with van der Waals surface area (Å²) in [6, 6.07) is 6.27. The van der Waals surface area contributed by atoms with E-state index in [9.17, 15) is 8.78 Å². The van der Waals surface area contributed by atoms with Gasteiger partial charge in [-0.15, -0.1) is 0 Å². The van der Waals surface area contributed by atoms with Crippen LogP contribution >= 0.6 is 0 Å². The van der Waals surface area contributed by atoms with Crippen LogP contribution < -0.4 is 0 Å². The molecule has 0 unspecified atom stereocenters. The molecule has 82 valence electrons. The van der Waals surface area contributed by atoms with E-state index in [1.807, 2.05) is 0 Å². The summed E-state index contributed by atoms with van der Waals surface area (Å²) in [4.78, 5) is 0. The van der Waals surface area contributed by atoms with Gasteiger partial charge in [-0.2, -0.15) is 0 Å². The first-order valence-corrected chi connectivity index (χ1v) is 5.41. The summed E-state index contributed by atoms with van der Waals surface area (Å²) in [6.45, 7) is 3.24. The highest BCUT2D eigenvalue weighted by Crippen LogP contribution is 2.52. The first-order valence-electron chi connectivity index (χ1n) is 5.41. The molecule has 0 N–H and O–H groups in total. The minimum atomic E-state index is -1.23. The first-order chi connectivity index (χ1) is 6.96. The van der Waals surface area contributed by atoms with E-state index in [4.69, 9.17) is 0 Å². The van der Waals surface area contributed by atoms with Gasteiger partial charge in [-0.3, -0.25) is 0 Å². The predicted molar refractivity (Wildman–Crippen MR) is 57.1 cm³/mol. The van der Waals surface area contributed by atoms with Gasteiger partial charge in [-0.25, -0.2) is 8.78 Å².